The summed E-state index contributed by atoms with van der Waals surface area (Å²) in [5, 5.41) is 8.61. The number of ether oxygens (including phenoxy) is 2. The minimum absolute atomic E-state index is 0.288. The number of rotatable bonds is 4. The number of carboxylic acid groups (broad SMARTS) is 1. The van der Waals surface area contributed by atoms with Crippen LogP contribution in [0.1, 0.15) is 22.5 Å². The predicted molar refractivity (Wildman–Crippen MR) is 49.4 cm³/mol. The first-order valence-electron chi connectivity index (χ1n) is 4.51. The molecule has 0 aliphatic carbocycles. The number of aromatic nitrogens is 1. The number of aromatic carboxylic acids is 1. The SMILES string of the molecule is COc1nc(C(=O)O)cc(C(F)F)c1OC(F)(F)F. The summed E-state index contributed by atoms with van der Waals surface area (Å²) in [5.74, 6) is -4.05. The van der Waals surface area contributed by atoms with Crippen LogP contribution in [0.15, 0.2) is 6.07 Å². The monoisotopic (exact) mass is 287 g/mol. The number of methoxy groups -OCH3 is 1. The Morgan fingerprint density at radius 2 is 2.00 bits per heavy atom. The van der Waals surface area contributed by atoms with Gasteiger partial charge < -0.3 is 14.6 Å². The number of carbonyl (C=O) groups is 1. The molecule has 1 aromatic rings. The number of halogens is 5. The Kier molecular flexibility index (Phi) is 4.12. The van der Waals surface area contributed by atoms with Crippen molar-refractivity contribution in [3.63, 3.8) is 0 Å². The predicted octanol–water partition coefficient (Wildman–Crippen LogP) is 2.62. The fraction of sp³-hybridized carbons (Fsp3) is 0.333. The average Bonchev–Trinajstić information content (AvgIpc) is 2.26. The third-order valence-corrected chi connectivity index (χ3v) is 1.84. The van der Waals surface area contributed by atoms with Crippen LogP contribution in [0, 0.1) is 0 Å². The molecule has 5 nitrogen and oxygen atoms in total. The molecule has 0 aliphatic heterocycles. The second-order valence-corrected chi connectivity index (χ2v) is 3.09. The minimum atomic E-state index is -5.25. The van der Waals surface area contributed by atoms with Crippen molar-refractivity contribution >= 4 is 5.97 Å². The van der Waals surface area contributed by atoms with Crippen molar-refractivity contribution in [2.45, 2.75) is 12.8 Å². The van der Waals surface area contributed by atoms with E-state index in [4.69, 9.17) is 5.11 Å². The van der Waals surface area contributed by atoms with Gasteiger partial charge >= 0.3 is 12.3 Å². The molecule has 1 rings (SSSR count). The van der Waals surface area contributed by atoms with Crippen molar-refractivity contribution in [1.29, 1.82) is 0 Å². The number of hydrogen-bond donors (Lipinski definition) is 1. The molecule has 19 heavy (non-hydrogen) atoms. The Morgan fingerprint density at radius 3 is 2.37 bits per heavy atom. The molecule has 0 unspecified atom stereocenters. The van der Waals surface area contributed by atoms with Crippen LogP contribution >= 0.6 is 0 Å². The Morgan fingerprint density at radius 1 is 1.42 bits per heavy atom. The van der Waals surface area contributed by atoms with Crippen LogP contribution in [0.2, 0.25) is 0 Å². The maximum absolute atomic E-state index is 12.6. The maximum atomic E-state index is 12.6. The Balaban J connectivity index is 3.45. The van der Waals surface area contributed by atoms with Gasteiger partial charge in [-0.3, -0.25) is 0 Å². The molecule has 0 saturated heterocycles. The second kappa shape index (κ2) is 5.24. The van der Waals surface area contributed by atoms with E-state index in [1.807, 2.05) is 0 Å². The highest BCUT2D eigenvalue weighted by molar-refractivity contribution is 5.86. The third-order valence-electron chi connectivity index (χ3n) is 1.84. The highest BCUT2D eigenvalue weighted by atomic mass is 19.4. The summed E-state index contributed by atoms with van der Waals surface area (Å²) in [7, 11) is 0.840. The molecule has 0 amide bonds. The largest absolute Gasteiger partial charge is 0.573 e. The van der Waals surface area contributed by atoms with Crippen molar-refractivity contribution in [3.8, 4) is 11.6 Å². The first kappa shape index (κ1) is 14.9. The van der Waals surface area contributed by atoms with Gasteiger partial charge in [-0.1, -0.05) is 0 Å². The minimum Gasteiger partial charge on any atom is -0.478 e. The highest BCUT2D eigenvalue weighted by Gasteiger charge is 2.36. The molecule has 0 aliphatic rings. The van der Waals surface area contributed by atoms with Gasteiger partial charge in [0, 0.05) is 0 Å². The van der Waals surface area contributed by atoms with Gasteiger partial charge in [0.25, 0.3) is 12.3 Å². The number of nitrogens with zero attached hydrogens (tertiary/aromatic N) is 1. The van der Waals surface area contributed by atoms with Gasteiger partial charge in [0.1, 0.15) is 0 Å². The lowest BCUT2D eigenvalue weighted by atomic mass is 10.2. The molecule has 1 N–H and O–H groups in total. The molecule has 10 heteroatoms. The molecule has 0 bridgehead atoms. The van der Waals surface area contributed by atoms with Crippen LogP contribution in [0.25, 0.3) is 0 Å². The first-order valence-corrected chi connectivity index (χ1v) is 4.51. The zero-order chi connectivity index (χ0) is 14.8. The van der Waals surface area contributed by atoms with Crippen LogP contribution in [-0.4, -0.2) is 29.5 Å². The number of pyridine rings is 1. The van der Waals surface area contributed by atoms with Gasteiger partial charge in [0.15, 0.2) is 11.4 Å². The zero-order valence-electron chi connectivity index (χ0n) is 9.16. The van der Waals surface area contributed by atoms with E-state index in [9.17, 15) is 26.7 Å². The standard InChI is InChI=1S/C9H6F5NO4/c1-18-7-5(19-9(12,13)14)3(6(10)11)2-4(15-7)8(16)17/h2,6H,1H3,(H,16,17). The fourth-order valence-electron chi connectivity index (χ4n) is 1.16. The highest BCUT2D eigenvalue weighted by Crippen LogP contribution is 2.39. The summed E-state index contributed by atoms with van der Waals surface area (Å²) in [5.41, 5.74) is -2.16. The maximum Gasteiger partial charge on any atom is 0.573 e. The molecular weight excluding hydrogens is 281 g/mol. The van der Waals surface area contributed by atoms with Crippen molar-refractivity contribution in [1.82, 2.24) is 4.98 Å². The topological polar surface area (TPSA) is 68.7 Å². The van der Waals surface area contributed by atoms with Gasteiger partial charge in [-0.2, -0.15) is 0 Å². The van der Waals surface area contributed by atoms with Crippen LogP contribution in [0.4, 0.5) is 22.0 Å². The summed E-state index contributed by atoms with van der Waals surface area (Å²) in [6.07, 6.45) is -8.64. The normalized spacial score (nSPS) is 11.5. The second-order valence-electron chi connectivity index (χ2n) is 3.09. The van der Waals surface area contributed by atoms with E-state index in [1.165, 1.54) is 0 Å². The lowest BCUT2D eigenvalue weighted by Gasteiger charge is -2.15. The number of hydrogen-bond acceptors (Lipinski definition) is 4. The molecular formula is C9H6F5NO4. The molecule has 0 spiro atoms. The van der Waals surface area contributed by atoms with E-state index < -0.39 is 41.6 Å². The van der Waals surface area contributed by atoms with E-state index in [2.05, 4.69) is 14.5 Å². The quantitative estimate of drug-likeness (QED) is 0.862. The Labute approximate surface area is 102 Å². The van der Waals surface area contributed by atoms with Gasteiger partial charge in [0.2, 0.25) is 0 Å². The van der Waals surface area contributed by atoms with E-state index in [0.29, 0.717) is 0 Å². The number of carboxylic acids is 1. The zero-order valence-corrected chi connectivity index (χ0v) is 9.16. The molecule has 1 aromatic heterocycles. The molecule has 0 radical (unpaired) electrons. The first-order chi connectivity index (χ1) is 8.65. The van der Waals surface area contributed by atoms with Crippen LogP contribution in [0.5, 0.6) is 11.6 Å². The van der Waals surface area contributed by atoms with Crippen molar-refractivity contribution in [2.75, 3.05) is 7.11 Å². The molecule has 0 atom stereocenters. The fourth-order valence-corrected chi connectivity index (χ4v) is 1.16. The third kappa shape index (κ3) is 3.66. The summed E-state index contributed by atoms with van der Waals surface area (Å²) in [4.78, 5) is 13.8. The molecule has 0 aromatic carbocycles. The van der Waals surface area contributed by atoms with Crippen LogP contribution in [-0.2, 0) is 0 Å². The number of alkyl halides is 5. The molecule has 1 heterocycles. The van der Waals surface area contributed by atoms with Gasteiger partial charge in [-0.15, -0.1) is 13.2 Å². The molecule has 106 valence electrons. The van der Waals surface area contributed by atoms with Crippen LogP contribution in [0.3, 0.4) is 0 Å². The van der Waals surface area contributed by atoms with Crippen molar-refractivity contribution in [3.05, 3.63) is 17.3 Å². The average molecular weight is 287 g/mol. The van der Waals surface area contributed by atoms with Gasteiger partial charge in [-0.05, 0) is 6.07 Å². The Bertz CT molecular complexity index is 488. The van der Waals surface area contributed by atoms with E-state index in [-0.39, 0.29) is 6.07 Å². The lowest BCUT2D eigenvalue weighted by molar-refractivity contribution is -0.275. The van der Waals surface area contributed by atoms with E-state index in [0.717, 1.165) is 7.11 Å². The van der Waals surface area contributed by atoms with Crippen molar-refractivity contribution < 1.29 is 41.3 Å². The van der Waals surface area contributed by atoms with E-state index >= 15 is 0 Å². The summed E-state index contributed by atoms with van der Waals surface area (Å²) in [6, 6.07) is 0.288. The van der Waals surface area contributed by atoms with Crippen molar-refractivity contribution in [2.24, 2.45) is 0 Å². The molecule has 0 fully saturated rings. The summed E-state index contributed by atoms with van der Waals surface area (Å²) >= 11 is 0. The smallest absolute Gasteiger partial charge is 0.478 e. The van der Waals surface area contributed by atoms with E-state index in [1.54, 1.807) is 0 Å². The lowest BCUT2D eigenvalue weighted by Crippen LogP contribution is -2.20. The molecule has 0 saturated carbocycles. The summed E-state index contributed by atoms with van der Waals surface area (Å²) in [6.45, 7) is 0. The van der Waals surface area contributed by atoms with Crippen LogP contribution < -0.4 is 9.47 Å². The summed E-state index contributed by atoms with van der Waals surface area (Å²) < 4.78 is 69.3. The van der Waals surface area contributed by atoms with Gasteiger partial charge in [-0.25, -0.2) is 18.6 Å². The Hall–Kier alpha value is -2.13. The van der Waals surface area contributed by atoms with Gasteiger partial charge in [0.05, 0.1) is 12.7 Å².